The summed E-state index contributed by atoms with van der Waals surface area (Å²) in [4.78, 5) is 10.2. The first-order valence-corrected chi connectivity index (χ1v) is 11.9. The number of allylic oxidation sites excluding steroid dienone is 1. The Morgan fingerprint density at radius 2 is 2.00 bits per heavy atom. The minimum absolute atomic E-state index is 0.246. The van der Waals surface area contributed by atoms with Crippen molar-refractivity contribution < 1.29 is 9.53 Å². The first-order valence-electron chi connectivity index (χ1n) is 10.9. The second kappa shape index (κ2) is 14.5. The highest BCUT2D eigenvalue weighted by atomic mass is 32.2. The number of carbonyl (C=O) groups excluding carboxylic acids is 1. The van der Waals surface area contributed by atoms with Gasteiger partial charge in [0.2, 0.25) is 0 Å². The zero-order valence-electron chi connectivity index (χ0n) is 17.7. The Labute approximate surface area is 180 Å². The van der Waals surface area contributed by atoms with E-state index in [2.05, 4.69) is 33.4 Å². The van der Waals surface area contributed by atoms with Gasteiger partial charge >= 0.3 is 6.09 Å². The van der Waals surface area contributed by atoms with Crippen molar-refractivity contribution in [2.75, 3.05) is 25.4 Å². The largest absolute Gasteiger partial charge is 0.445 e. The van der Waals surface area contributed by atoms with Gasteiger partial charge in [-0.25, -0.2) is 9.10 Å². The molecule has 0 aromatic heterocycles. The van der Waals surface area contributed by atoms with Crippen molar-refractivity contribution in [2.45, 2.75) is 58.1 Å². The first-order chi connectivity index (χ1) is 14.2. The van der Waals surface area contributed by atoms with Gasteiger partial charge in [0.05, 0.1) is 6.04 Å². The second-order valence-electron chi connectivity index (χ2n) is 7.62. The summed E-state index contributed by atoms with van der Waals surface area (Å²) in [6.45, 7) is 5.97. The Morgan fingerprint density at radius 3 is 2.69 bits per heavy atom. The van der Waals surface area contributed by atoms with Crippen LogP contribution in [0.1, 0.15) is 51.0 Å². The lowest BCUT2D eigenvalue weighted by molar-refractivity contribution is 0.150. The van der Waals surface area contributed by atoms with Gasteiger partial charge in [-0.1, -0.05) is 80.6 Å². The van der Waals surface area contributed by atoms with E-state index in [9.17, 15) is 4.79 Å². The molecule has 1 atom stereocenters. The maximum Gasteiger partial charge on any atom is 0.404 e. The molecule has 1 saturated carbocycles. The number of nitrogens with zero attached hydrogens (tertiary/aromatic N) is 1. The predicted octanol–water partition coefficient (Wildman–Crippen LogP) is 4.74. The molecule has 29 heavy (non-hydrogen) atoms. The van der Waals surface area contributed by atoms with Gasteiger partial charge in [0.15, 0.2) is 0 Å². The summed E-state index contributed by atoms with van der Waals surface area (Å²) in [6.07, 6.45) is 12.7. The topological polar surface area (TPSA) is 67.6 Å². The SMILES string of the molecule is CCCSN1CCNCC1/C=C/C1CCCCC1.NC(=O)OCc1ccccc1. The fraction of sp³-hybridized carbons (Fsp3) is 0.609. The molecule has 3 N–H and O–H groups in total. The van der Waals surface area contributed by atoms with Crippen LogP contribution >= 0.6 is 11.9 Å². The summed E-state index contributed by atoms with van der Waals surface area (Å²) < 4.78 is 7.15. The van der Waals surface area contributed by atoms with Crippen LogP contribution in [0.3, 0.4) is 0 Å². The van der Waals surface area contributed by atoms with Crippen LogP contribution in [0.15, 0.2) is 42.5 Å². The molecule has 0 radical (unpaired) electrons. The molecule has 1 unspecified atom stereocenters. The molecule has 0 spiro atoms. The average Bonchev–Trinajstić information content (AvgIpc) is 2.77. The third-order valence-electron chi connectivity index (χ3n) is 5.17. The fourth-order valence-corrected chi connectivity index (χ4v) is 4.55. The van der Waals surface area contributed by atoms with E-state index < -0.39 is 6.09 Å². The molecule has 1 amide bonds. The molecule has 1 saturated heterocycles. The summed E-state index contributed by atoms with van der Waals surface area (Å²) in [6, 6.07) is 9.98. The smallest absolute Gasteiger partial charge is 0.404 e. The second-order valence-corrected chi connectivity index (χ2v) is 8.76. The van der Waals surface area contributed by atoms with E-state index in [1.54, 1.807) is 0 Å². The summed E-state index contributed by atoms with van der Waals surface area (Å²) in [5, 5.41) is 3.52. The summed E-state index contributed by atoms with van der Waals surface area (Å²) in [7, 11) is 0. The van der Waals surface area contributed by atoms with Crippen molar-refractivity contribution in [3.05, 3.63) is 48.0 Å². The Balaban J connectivity index is 0.000000234. The minimum Gasteiger partial charge on any atom is -0.445 e. The Kier molecular flexibility index (Phi) is 11.9. The first kappa shape index (κ1) is 23.8. The van der Waals surface area contributed by atoms with Crippen LogP contribution in [0.5, 0.6) is 0 Å². The molecule has 2 aliphatic rings. The zero-order chi connectivity index (χ0) is 20.7. The van der Waals surface area contributed by atoms with E-state index in [4.69, 9.17) is 5.73 Å². The Bertz CT molecular complexity index is 591. The van der Waals surface area contributed by atoms with Crippen molar-refractivity contribution in [2.24, 2.45) is 11.7 Å². The Hall–Kier alpha value is -1.50. The summed E-state index contributed by atoms with van der Waals surface area (Å²) >= 11 is 2.03. The number of nitrogens with two attached hydrogens (primary N) is 1. The molecule has 162 valence electrons. The van der Waals surface area contributed by atoms with E-state index in [0.717, 1.165) is 24.6 Å². The van der Waals surface area contributed by atoms with E-state index in [1.807, 2.05) is 42.3 Å². The predicted molar refractivity (Wildman–Crippen MR) is 123 cm³/mol. The highest BCUT2D eigenvalue weighted by Crippen LogP contribution is 2.25. The number of carbonyl (C=O) groups is 1. The molecule has 1 heterocycles. The van der Waals surface area contributed by atoms with Gasteiger partial charge in [0.25, 0.3) is 0 Å². The van der Waals surface area contributed by atoms with Crippen molar-refractivity contribution in [1.29, 1.82) is 0 Å². The molecule has 5 nitrogen and oxygen atoms in total. The molecule has 1 aliphatic carbocycles. The molecular weight excluding hydrogens is 382 g/mol. The standard InChI is InChI=1S/C15H28N2S.C8H9NO2/c1-2-12-18-17-11-10-16-13-15(17)9-8-14-6-4-3-5-7-14;9-8(10)11-6-7-4-2-1-3-5-7/h8-9,14-16H,2-7,10-13H2,1H3;1-5H,6H2,(H2,9,10)/b9-8+;. The van der Waals surface area contributed by atoms with Crippen LogP contribution < -0.4 is 11.1 Å². The summed E-state index contributed by atoms with van der Waals surface area (Å²) in [5.74, 6) is 2.12. The van der Waals surface area contributed by atoms with E-state index in [-0.39, 0.29) is 6.61 Å². The van der Waals surface area contributed by atoms with Gasteiger partial charge < -0.3 is 15.8 Å². The number of rotatable bonds is 7. The molecule has 1 aromatic carbocycles. The highest BCUT2D eigenvalue weighted by molar-refractivity contribution is 7.97. The lowest BCUT2D eigenvalue weighted by Crippen LogP contribution is -2.47. The maximum atomic E-state index is 10.2. The molecule has 2 fully saturated rings. The van der Waals surface area contributed by atoms with Gasteiger partial charge in [-0.15, -0.1) is 0 Å². The average molecular weight is 420 g/mol. The number of nitrogens with one attached hydrogen (secondary N) is 1. The number of hydrogen-bond donors (Lipinski definition) is 2. The van der Waals surface area contributed by atoms with Gasteiger partial charge in [-0.3, -0.25) is 0 Å². The fourth-order valence-electron chi connectivity index (χ4n) is 3.58. The summed E-state index contributed by atoms with van der Waals surface area (Å²) in [5.41, 5.74) is 5.72. The van der Waals surface area contributed by atoms with Crippen LogP contribution in [-0.2, 0) is 11.3 Å². The molecule has 0 bridgehead atoms. The number of benzene rings is 1. The van der Waals surface area contributed by atoms with Gasteiger partial charge in [0, 0.05) is 25.4 Å². The van der Waals surface area contributed by atoms with E-state index in [0.29, 0.717) is 6.04 Å². The quantitative estimate of drug-likeness (QED) is 0.494. The molecule has 1 aliphatic heterocycles. The van der Waals surface area contributed by atoms with Crippen LogP contribution in [0.2, 0.25) is 0 Å². The van der Waals surface area contributed by atoms with Gasteiger partial charge in [-0.05, 0) is 30.7 Å². The number of amides is 1. The van der Waals surface area contributed by atoms with E-state index >= 15 is 0 Å². The lowest BCUT2D eigenvalue weighted by atomic mass is 9.89. The molecular formula is C23H37N3O2S. The van der Waals surface area contributed by atoms with Crippen molar-refractivity contribution in [3.63, 3.8) is 0 Å². The van der Waals surface area contributed by atoms with Crippen LogP contribution in [-0.4, -0.2) is 41.8 Å². The van der Waals surface area contributed by atoms with Crippen LogP contribution in [0.25, 0.3) is 0 Å². The van der Waals surface area contributed by atoms with Crippen LogP contribution in [0, 0.1) is 5.92 Å². The minimum atomic E-state index is -0.742. The van der Waals surface area contributed by atoms with Crippen LogP contribution in [0.4, 0.5) is 4.79 Å². The van der Waals surface area contributed by atoms with Gasteiger partial charge in [0.1, 0.15) is 6.61 Å². The lowest BCUT2D eigenvalue weighted by Gasteiger charge is -2.33. The molecule has 1 aromatic rings. The molecule has 6 heteroatoms. The highest BCUT2D eigenvalue weighted by Gasteiger charge is 2.20. The zero-order valence-corrected chi connectivity index (χ0v) is 18.5. The normalized spacial score (nSPS) is 20.8. The number of hydrogen-bond acceptors (Lipinski definition) is 5. The monoisotopic (exact) mass is 419 g/mol. The Morgan fingerprint density at radius 1 is 1.24 bits per heavy atom. The maximum absolute atomic E-state index is 10.2. The van der Waals surface area contributed by atoms with Crippen molar-refractivity contribution >= 4 is 18.0 Å². The van der Waals surface area contributed by atoms with Gasteiger partial charge in [-0.2, -0.15) is 0 Å². The van der Waals surface area contributed by atoms with E-state index in [1.165, 1.54) is 50.8 Å². The number of ether oxygens (including phenoxy) is 1. The van der Waals surface area contributed by atoms with Crippen molar-refractivity contribution in [1.82, 2.24) is 9.62 Å². The molecule has 3 rings (SSSR count). The number of primary amides is 1. The third-order valence-corrected chi connectivity index (χ3v) is 6.55. The number of piperazine rings is 1. The van der Waals surface area contributed by atoms with Crippen molar-refractivity contribution in [3.8, 4) is 0 Å². The third kappa shape index (κ3) is 10.2.